The molecule has 2 amide bonds. The zero-order valence-electron chi connectivity index (χ0n) is 14.3. The second-order valence-corrected chi connectivity index (χ2v) is 9.15. The first-order valence-corrected chi connectivity index (χ1v) is 10.2. The van der Waals surface area contributed by atoms with Gasteiger partial charge in [-0.3, -0.25) is 0 Å². The number of hydrogen-bond donors (Lipinski definition) is 2. The number of ether oxygens (including phenoxy) is 1. The molecule has 26 heavy (non-hydrogen) atoms. The largest absolute Gasteiger partial charge is 0.465 e. The third-order valence-corrected chi connectivity index (χ3v) is 8.02. The number of likely N-dealkylation sites (tertiary alicyclic amines) is 1. The Bertz CT molecular complexity index is 772. The highest BCUT2D eigenvalue weighted by Crippen LogP contribution is 2.41. The van der Waals surface area contributed by atoms with E-state index >= 15 is 0 Å². The molecule has 1 aromatic carbocycles. The van der Waals surface area contributed by atoms with Crippen molar-refractivity contribution in [2.24, 2.45) is 0 Å². The van der Waals surface area contributed by atoms with Crippen molar-refractivity contribution in [1.82, 2.24) is 10.2 Å². The number of carbonyl (C=O) groups is 2. The summed E-state index contributed by atoms with van der Waals surface area (Å²) in [5.74, 6) is -0.0102. The first kappa shape index (κ1) is 18.5. The second kappa shape index (κ2) is 7.14. The van der Waals surface area contributed by atoms with E-state index in [1.807, 2.05) is 30.3 Å². The molecule has 1 aromatic rings. The molecule has 1 unspecified atom stereocenters. The molecule has 142 valence electrons. The lowest BCUT2D eigenvalue weighted by Gasteiger charge is -2.40. The first-order valence-electron chi connectivity index (χ1n) is 8.51. The van der Waals surface area contributed by atoms with Crippen molar-refractivity contribution in [3.63, 3.8) is 0 Å². The van der Waals surface area contributed by atoms with E-state index in [2.05, 4.69) is 5.32 Å². The van der Waals surface area contributed by atoms with Crippen LogP contribution < -0.4 is 5.32 Å². The molecule has 2 N–H and O–H groups in total. The molecule has 2 aliphatic heterocycles. The van der Waals surface area contributed by atoms with Crippen LogP contribution in [0.1, 0.15) is 24.8 Å². The number of hydrogen-bond acceptors (Lipinski definition) is 5. The van der Waals surface area contributed by atoms with Gasteiger partial charge in [0.25, 0.3) is 0 Å². The Morgan fingerprint density at radius 2 is 1.88 bits per heavy atom. The number of carbonyl (C=O) groups excluding carboxylic acids is 1. The molecule has 2 fully saturated rings. The summed E-state index contributed by atoms with van der Waals surface area (Å²) in [6.07, 6.45) is -1.02. The van der Waals surface area contributed by atoms with Crippen LogP contribution in [0.4, 0.5) is 9.59 Å². The van der Waals surface area contributed by atoms with Crippen molar-refractivity contribution < 1.29 is 27.9 Å². The van der Waals surface area contributed by atoms with E-state index in [0.717, 1.165) is 5.56 Å². The van der Waals surface area contributed by atoms with Crippen LogP contribution in [0, 0.1) is 0 Å². The number of carboxylic acid groups (broad SMARTS) is 1. The van der Waals surface area contributed by atoms with Gasteiger partial charge in [-0.1, -0.05) is 30.3 Å². The minimum atomic E-state index is -3.41. The van der Waals surface area contributed by atoms with Gasteiger partial charge in [0.1, 0.15) is 6.61 Å². The van der Waals surface area contributed by atoms with Crippen LogP contribution in [0.2, 0.25) is 0 Å². The summed E-state index contributed by atoms with van der Waals surface area (Å²) >= 11 is 0. The SMILES string of the molecule is O=C(NC1CCS(=O)(=O)C12CCN(C(=O)O)CC2)OCc1ccccc1. The van der Waals surface area contributed by atoms with Crippen LogP contribution in [0.15, 0.2) is 30.3 Å². The van der Waals surface area contributed by atoms with E-state index in [4.69, 9.17) is 9.84 Å². The Morgan fingerprint density at radius 1 is 1.23 bits per heavy atom. The summed E-state index contributed by atoms with van der Waals surface area (Å²) in [5, 5.41) is 11.8. The zero-order chi connectivity index (χ0) is 18.8. The Morgan fingerprint density at radius 3 is 2.50 bits per heavy atom. The molecule has 3 rings (SSSR count). The third-order valence-electron chi connectivity index (χ3n) is 5.31. The Labute approximate surface area is 152 Å². The van der Waals surface area contributed by atoms with Crippen LogP contribution in [-0.2, 0) is 21.2 Å². The molecule has 0 aliphatic carbocycles. The fraction of sp³-hybridized carbons (Fsp3) is 0.529. The van der Waals surface area contributed by atoms with Crippen molar-refractivity contribution in [2.75, 3.05) is 18.8 Å². The standard InChI is InChI=1S/C17H22N2O6S/c20-15(25-12-13-4-2-1-3-5-13)18-14-6-11-26(23,24)17(14)7-9-19(10-8-17)16(21)22/h1-5,14H,6-12H2,(H,18,20)(H,21,22). The van der Waals surface area contributed by atoms with E-state index < -0.39 is 32.8 Å². The molecule has 1 atom stereocenters. The Balaban J connectivity index is 1.65. The predicted molar refractivity (Wildman–Crippen MR) is 93.5 cm³/mol. The molecule has 2 heterocycles. The summed E-state index contributed by atoms with van der Waals surface area (Å²) in [6, 6.07) is 8.63. The molecule has 9 heteroatoms. The smallest absolute Gasteiger partial charge is 0.407 e. The molecule has 0 bridgehead atoms. The number of benzene rings is 1. The van der Waals surface area contributed by atoms with Gasteiger partial charge in [0.15, 0.2) is 9.84 Å². The summed E-state index contributed by atoms with van der Waals surface area (Å²) in [6.45, 7) is 0.392. The predicted octanol–water partition coefficient (Wildman–Crippen LogP) is 1.61. The van der Waals surface area contributed by atoms with Gasteiger partial charge in [-0.2, -0.15) is 0 Å². The fourth-order valence-corrected chi connectivity index (χ4v) is 6.17. The number of amides is 2. The Kier molecular flexibility index (Phi) is 5.08. The molecule has 8 nitrogen and oxygen atoms in total. The minimum Gasteiger partial charge on any atom is -0.465 e. The third kappa shape index (κ3) is 3.48. The number of piperidine rings is 1. The fourth-order valence-electron chi connectivity index (χ4n) is 3.80. The van der Waals surface area contributed by atoms with Gasteiger partial charge in [-0.25, -0.2) is 18.0 Å². The highest BCUT2D eigenvalue weighted by Gasteiger charge is 2.56. The summed E-state index contributed by atoms with van der Waals surface area (Å²) in [4.78, 5) is 24.4. The van der Waals surface area contributed by atoms with E-state index in [0.29, 0.717) is 6.42 Å². The average Bonchev–Trinajstić information content (AvgIpc) is 2.86. The van der Waals surface area contributed by atoms with Crippen molar-refractivity contribution in [3.8, 4) is 0 Å². The van der Waals surface area contributed by atoms with E-state index in [9.17, 15) is 18.0 Å². The monoisotopic (exact) mass is 382 g/mol. The van der Waals surface area contributed by atoms with Crippen molar-refractivity contribution in [2.45, 2.75) is 36.7 Å². The summed E-state index contributed by atoms with van der Waals surface area (Å²) in [7, 11) is -3.41. The highest BCUT2D eigenvalue weighted by atomic mass is 32.2. The normalized spacial score (nSPS) is 23.5. The lowest BCUT2D eigenvalue weighted by atomic mass is 9.87. The van der Waals surface area contributed by atoms with Gasteiger partial charge in [0.2, 0.25) is 0 Å². The Hall–Kier alpha value is -2.29. The summed E-state index contributed by atoms with van der Waals surface area (Å²) < 4.78 is 29.4. The van der Waals surface area contributed by atoms with E-state index in [1.165, 1.54) is 4.90 Å². The molecule has 0 saturated carbocycles. The number of rotatable bonds is 3. The number of nitrogens with zero attached hydrogens (tertiary/aromatic N) is 1. The molecule has 0 radical (unpaired) electrons. The quantitative estimate of drug-likeness (QED) is 0.821. The van der Waals surface area contributed by atoms with Crippen molar-refractivity contribution >= 4 is 22.0 Å². The molecule has 2 saturated heterocycles. The van der Waals surface area contributed by atoms with Crippen LogP contribution in [0.3, 0.4) is 0 Å². The molecule has 1 spiro atoms. The number of nitrogens with one attached hydrogen (secondary N) is 1. The van der Waals surface area contributed by atoms with Gasteiger partial charge in [0, 0.05) is 13.1 Å². The van der Waals surface area contributed by atoms with Gasteiger partial charge in [-0.05, 0) is 24.8 Å². The van der Waals surface area contributed by atoms with Gasteiger partial charge < -0.3 is 20.1 Å². The maximum atomic E-state index is 12.6. The van der Waals surface area contributed by atoms with Crippen LogP contribution in [-0.4, -0.2) is 60.2 Å². The van der Waals surface area contributed by atoms with Crippen molar-refractivity contribution in [1.29, 1.82) is 0 Å². The molecular weight excluding hydrogens is 360 g/mol. The average molecular weight is 382 g/mol. The first-order chi connectivity index (χ1) is 12.3. The van der Waals surface area contributed by atoms with Crippen LogP contribution in [0.25, 0.3) is 0 Å². The number of sulfone groups is 1. The van der Waals surface area contributed by atoms with Gasteiger partial charge in [-0.15, -0.1) is 0 Å². The van der Waals surface area contributed by atoms with Gasteiger partial charge >= 0.3 is 12.2 Å². The molecular formula is C17H22N2O6S. The number of alkyl carbamates (subject to hydrolysis) is 1. The van der Waals surface area contributed by atoms with Crippen LogP contribution in [0.5, 0.6) is 0 Å². The summed E-state index contributed by atoms with van der Waals surface area (Å²) in [5.41, 5.74) is 0.839. The zero-order valence-corrected chi connectivity index (χ0v) is 15.1. The molecule has 0 aromatic heterocycles. The lowest BCUT2D eigenvalue weighted by Crippen LogP contribution is -2.58. The lowest BCUT2D eigenvalue weighted by molar-refractivity contribution is 0.114. The topological polar surface area (TPSA) is 113 Å². The van der Waals surface area contributed by atoms with Crippen molar-refractivity contribution in [3.05, 3.63) is 35.9 Å². The minimum absolute atomic E-state index is 0.0102. The second-order valence-electron chi connectivity index (χ2n) is 6.70. The van der Waals surface area contributed by atoms with Crippen LogP contribution >= 0.6 is 0 Å². The molecule has 2 aliphatic rings. The highest BCUT2D eigenvalue weighted by molar-refractivity contribution is 7.93. The van der Waals surface area contributed by atoms with E-state index in [-0.39, 0.29) is 38.3 Å². The maximum absolute atomic E-state index is 12.6. The maximum Gasteiger partial charge on any atom is 0.407 e. The van der Waals surface area contributed by atoms with Gasteiger partial charge in [0.05, 0.1) is 16.5 Å². The van der Waals surface area contributed by atoms with E-state index in [1.54, 1.807) is 0 Å².